The van der Waals surface area contributed by atoms with Crippen molar-refractivity contribution in [2.75, 3.05) is 18.5 Å². The zero-order valence-electron chi connectivity index (χ0n) is 11.0. The summed E-state index contributed by atoms with van der Waals surface area (Å²) < 4.78 is 5.33. The van der Waals surface area contributed by atoms with E-state index in [4.69, 9.17) is 10.5 Å². The monoisotopic (exact) mass is 238 g/mol. The number of rotatable bonds is 6. The molecule has 0 saturated carbocycles. The maximum atomic E-state index is 5.80. The number of nitrogens with two attached hydrogens (primary N) is 1. The smallest absolute Gasteiger partial charge is 0.226 e. The normalized spacial score (nSPS) is 14.5. The van der Waals surface area contributed by atoms with Gasteiger partial charge in [-0.05, 0) is 19.8 Å². The topological polar surface area (TPSA) is 73.1 Å². The van der Waals surface area contributed by atoms with Gasteiger partial charge in [-0.3, -0.25) is 0 Å². The van der Waals surface area contributed by atoms with Crippen molar-refractivity contribution in [1.82, 2.24) is 9.97 Å². The van der Waals surface area contributed by atoms with Crippen molar-refractivity contribution in [1.29, 1.82) is 0 Å². The Morgan fingerprint density at radius 1 is 1.53 bits per heavy atom. The highest BCUT2D eigenvalue weighted by atomic mass is 16.5. The molecule has 0 bridgehead atoms. The van der Waals surface area contributed by atoms with Gasteiger partial charge >= 0.3 is 0 Å². The molecule has 0 fully saturated rings. The van der Waals surface area contributed by atoms with Crippen LogP contribution in [0.15, 0.2) is 12.3 Å². The lowest BCUT2D eigenvalue weighted by molar-refractivity contribution is 0.325. The average Bonchev–Trinajstić information content (AvgIpc) is 2.29. The molecule has 1 unspecified atom stereocenters. The fraction of sp³-hybridized carbons (Fsp3) is 0.667. The van der Waals surface area contributed by atoms with Gasteiger partial charge in [0.05, 0.1) is 12.1 Å². The lowest BCUT2D eigenvalue weighted by atomic mass is 9.89. The van der Waals surface area contributed by atoms with Crippen LogP contribution in [0.25, 0.3) is 0 Å². The molecule has 0 aliphatic heterocycles. The molecule has 1 rings (SSSR count). The van der Waals surface area contributed by atoms with Crippen LogP contribution < -0.4 is 15.8 Å². The number of hydrogen-bond acceptors (Lipinski definition) is 5. The van der Waals surface area contributed by atoms with E-state index in [1.807, 2.05) is 6.92 Å². The molecule has 17 heavy (non-hydrogen) atoms. The van der Waals surface area contributed by atoms with Crippen LogP contribution in [0.5, 0.6) is 5.88 Å². The minimum absolute atomic E-state index is 0.217. The summed E-state index contributed by atoms with van der Waals surface area (Å²) in [6.07, 6.45) is 1.68. The number of aromatic nitrogens is 2. The van der Waals surface area contributed by atoms with Crippen molar-refractivity contribution in [2.45, 2.75) is 33.2 Å². The van der Waals surface area contributed by atoms with E-state index in [-0.39, 0.29) is 5.54 Å². The second-order valence-corrected chi connectivity index (χ2v) is 4.55. The van der Waals surface area contributed by atoms with Crippen LogP contribution >= 0.6 is 0 Å². The number of anilines is 1. The minimum Gasteiger partial charge on any atom is -0.478 e. The van der Waals surface area contributed by atoms with Crippen LogP contribution in [0.2, 0.25) is 0 Å². The first-order valence-corrected chi connectivity index (χ1v) is 5.96. The van der Waals surface area contributed by atoms with Gasteiger partial charge in [0.2, 0.25) is 11.8 Å². The van der Waals surface area contributed by atoms with Gasteiger partial charge in [0.15, 0.2) is 0 Å². The number of hydrogen-bond donors (Lipinski definition) is 2. The summed E-state index contributed by atoms with van der Waals surface area (Å²) in [5.74, 6) is 1.51. The van der Waals surface area contributed by atoms with Gasteiger partial charge in [0, 0.05) is 18.8 Å². The summed E-state index contributed by atoms with van der Waals surface area (Å²) in [6.45, 7) is 9.34. The largest absolute Gasteiger partial charge is 0.478 e. The van der Waals surface area contributed by atoms with Gasteiger partial charge in [0.1, 0.15) is 0 Å². The zero-order chi connectivity index (χ0) is 12.9. The highest BCUT2D eigenvalue weighted by molar-refractivity contribution is 5.31. The second-order valence-electron chi connectivity index (χ2n) is 4.55. The van der Waals surface area contributed by atoms with E-state index in [2.05, 4.69) is 36.1 Å². The second kappa shape index (κ2) is 5.82. The first-order valence-electron chi connectivity index (χ1n) is 5.96. The highest BCUT2D eigenvalue weighted by Gasteiger charge is 2.27. The minimum atomic E-state index is -0.217. The number of nitrogens with one attached hydrogen (secondary N) is 1. The van der Waals surface area contributed by atoms with Gasteiger partial charge in [-0.25, -0.2) is 4.98 Å². The third kappa shape index (κ3) is 3.56. The Kier molecular flexibility index (Phi) is 4.69. The molecule has 0 saturated heterocycles. The van der Waals surface area contributed by atoms with Crippen molar-refractivity contribution in [3.8, 4) is 5.88 Å². The van der Waals surface area contributed by atoms with E-state index in [0.29, 0.717) is 30.9 Å². The Bertz CT molecular complexity index is 356. The highest BCUT2D eigenvalue weighted by Crippen LogP contribution is 2.20. The van der Waals surface area contributed by atoms with E-state index in [1.54, 1.807) is 12.3 Å². The van der Waals surface area contributed by atoms with Gasteiger partial charge in [-0.1, -0.05) is 13.8 Å². The van der Waals surface area contributed by atoms with E-state index < -0.39 is 0 Å². The van der Waals surface area contributed by atoms with Crippen molar-refractivity contribution < 1.29 is 4.74 Å². The fourth-order valence-corrected chi connectivity index (χ4v) is 1.32. The van der Waals surface area contributed by atoms with Crippen LogP contribution in [-0.4, -0.2) is 28.7 Å². The van der Waals surface area contributed by atoms with Gasteiger partial charge in [0.25, 0.3) is 0 Å². The van der Waals surface area contributed by atoms with E-state index in [9.17, 15) is 0 Å². The first-order chi connectivity index (χ1) is 8.01. The molecular formula is C12H22N4O. The number of nitrogens with zero attached hydrogens (tertiary/aromatic N) is 2. The zero-order valence-corrected chi connectivity index (χ0v) is 11.0. The van der Waals surface area contributed by atoms with E-state index in [0.717, 1.165) is 0 Å². The molecule has 0 aliphatic rings. The molecule has 96 valence electrons. The fourth-order valence-electron chi connectivity index (χ4n) is 1.32. The quantitative estimate of drug-likeness (QED) is 0.788. The third-order valence-corrected chi connectivity index (χ3v) is 3.02. The van der Waals surface area contributed by atoms with Crippen molar-refractivity contribution in [3.05, 3.63) is 12.3 Å². The Balaban J connectivity index is 2.83. The van der Waals surface area contributed by atoms with E-state index in [1.165, 1.54) is 0 Å². The van der Waals surface area contributed by atoms with E-state index >= 15 is 0 Å². The SMILES string of the molecule is CCOc1ccnc(NC(C)(CN)C(C)C)n1. The number of ether oxygens (including phenoxy) is 1. The predicted octanol–water partition coefficient (Wildman–Crippen LogP) is 1.66. The van der Waals surface area contributed by atoms with Crippen molar-refractivity contribution >= 4 is 5.95 Å². The molecule has 1 heterocycles. The van der Waals surface area contributed by atoms with Gasteiger partial charge in [-0.15, -0.1) is 0 Å². The molecule has 3 N–H and O–H groups in total. The van der Waals surface area contributed by atoms with Crippen LogP contribution in [0.4, 0.5) is 5.95 Å². The standard InChI is InChI=1S/C12H22N4O/c1-5-17-10-6-7-14-11(15-10)16-12(4,8-13)9(2)3/h6-7,9H,5,8,13H2,1-4H3,(H,14,15,16). The molecule has 0 radical (unpaired) electrons. The molecule has 1 aromatic heterocycles. The molecule has 5 heteroatoms. The lowest BCUT2D eigenvalue weighted by Crippen LogP contribution is -2.47. The van der Waals surface area contributed by atoms with Crippen molar-refractivity contribution in [3.63, 3.8) is 0 Å². The Hall–Kier alpha value is -1.36. The third-order valence-electron chi connectivity index (χ3n) is 3.02. The summed E-state index contributed by atoms with van der Waals surface area (Å²) in [7, 11) is 0. The lowest BCUT2D eigenvalue weighted by Gasteiger charge is -2.33. The summed E-state index contributed by atoms with van der Waals surface area (Å²) in [6, 6.07) is 1.74. The molecule has 5 nitrogen and oxygen atoms in total. The molecule has 1 atom stereocenters. The molecule has 0 aliphatic carbocycles. The molecular weight excluding hydrogens is 216 g/mol. The van der Waals surface area contributed by atoms with Crippen LogP contribution in [-0.2, 0) is 0 Å². The Labute approximate surface area is 103 Å². The summed E-state index contributed by atoms with van der Waals surface area (Å²) >= 11 is 0. The summed E-state index contributed by atoms with van der Waals surface area (Å²) in [5.41, 5.74) is 5.59. The maximum absolute atomic E-state index is 5.80. The summed E-state index contributed by atoms with van der Waals surface area (Å²) in [4.78, 5) is 8.46. The maximum Gasteiger partial charge on any atom is 0.226 e. The molecule has 0 spiro atoms. The first kappa shape index (κ1) is 13.7. The molecule has 0 amide bonds. The molecule has 0 aromatic carbocycles. The predicted molar refractivity (Wildman–Crippen MR) is 69.1 cm³/mol. The van der Waals surface area contributed by atoms with Gasteiger partial charge < -0.3 is 15.8 Å². The Morgan fingerprint density at radius 2 is 2.24 bits per heavy atom. The van der Waals surface area contributed by atoms with Gasteiger partial charge in [-0.2, -0.15) is 4.98 Å². The van der Waals surface area contributed by atoms with Crippen LogP contribution in [0.1, 0.15) is 27.7 Å². The van der Waals surface area contributed by atoms with Crippen molar-refractivity contribution in [2.24, 2.45) is 11.7 Å². The summed E-state index contributed by atoms with van der Waals surface area (Å²) in [5, 5.41) is 3.28. The van der Waals surface area contributed by atoms with Crippen LogP contribution in [0, 0.1) is 5.92 Å². The Morgan fingerprint density at radius 3 is 2.76 bits per heavy atom. The van der Waals surface area contributed by atoms with Crippen LogP contribution in [0.3, 0.4) is 0 Å². The molecule has 1 aromatic rings. The average molecular weight is 238 g/mol.